The van der Waals surface area contributed by atoms with Crippen molar-refractivity contribution in [3.63, 3.8) is 0 Å². The minimum atomic E-state index is 0.0878. The molecule has 0 N–H and O–H groups in total. The highest BCUT2D eigenvalue weighted by Gasteiger charge is 2.26. The van der Waals surface area contributed by atoms with Gasteiger partial charge >= 0.3 is 0 Å². The Morgan fingerprint density at radius 2 is 1.93 bits per heavy atom. The van der Waals surface area contributed by atoms with Gasteiger partial charge in [-0.05, 0) is 17.7 Å². The molecular formula is C22H23N5O3. The molecule has 2 aromatic heterocycles. The van der Waals surface area contributed by atoms with Gasteiger partial charge in [-0.25, -0.2) is 0 Å². The number of rotatable bonds is 6. The highest BCUT2D eigenvalue weighted by Crippen LogP contribution is 2.29. The van der Waals surface area contributed by atoms with Crippen LogP contribution in [-0.2, 0) is 11.3 Å². The second kappa shape index (κ2) is 8.84. The van der Waals surface area contributed by atoms with Crippen molar-refractivity contribution in [3.05, 3.63) is 60.0 Å². The van der Waals surface area contributed by atoms with E-state index < -0.39 is 0 Å². The van der Waals surface area contributed by atoms with Gasteiger partial charge in [-0.1, -0.05) is 30.3 Å². The third-order valence-electron chi connectivity index (χ3n) is 5.15. The van der Waals surface area contributed by atoms with Gasteiger partial charge in [0.1, 0.15) is 6.07 Å². The number of nitrogens with zero attached hydrogens (tertiary/aromatic N) is 5. The van der Waals surface area contributed by atoms with Crippen LogP contribution in [0.4, 0.5) is 5.88 Å². The Kier molecular flexibility index (Phi) is 5.82. The molecule has 1 aliphatic rings. The van der Waals surface area contributed by atoms with Crippen molar-refractivity contribution in [1.29, 1.82) is 5.26 Å². The van der Waals surface area contributed by atoms with Crippen LogP contribution in [0.15, 0.2) is 57.6 Å². The molecule has 3 aromatic rings. The molecule has 4 rings (SSSR count). The fraction of sp³-hybridized carbons (Fsp3) is 0.318. The number of hydrogen-bond acceptors (Lipinski definition) is 7. The van der Waals surface area contributed by atoms with Crippen LogP contribution in [0, 0.1) is 11.3 Å². The number of nitriles is 1. The fourth-order valence-electron chi connectivity index (χ4n) is 3.47. The van der Waals surface area contributed by atoms with Crippen LogP contribution in [0.2, 0.25) is 0 Å². The average Bonchev–Trinajstić information content (AvgIpc) is 3.45. The summed E-state index contributed by atoms with van der Waals surface area (Å²) in [6.07, 6.45) is 1.54. The lowest BCUT2D eigenvalue weighted by Gasteiger charge is -2.34. The summed E-state index contributed by atoms with van der Waals surface area (Å²) < 4.78 is 11.1. The van der Waals surface area contributed by atoms with Crippen LogP contribution < -0.4 is 4.90 Å². The molecule has 8 heteroatoms. The van der Waals surface area contributed by atoms with E-state index in [9.17, 15) is 10.1 Å². The summed E-state index contributed by atoms with van der Waals surface area (Å²) in [5.74, 6) is 1.33. The largest absolute Gasteiger partial charge is 0.459 e. The summed E-state index contributed by atoms with van der Waals surface area (Å²) in [6, 6.07) is 15.5. The maximum atomic E-state index is 12.6. The van der Waals surface area contributed by atoms with Crippen molar-refractivity contribution in [1.82, 2.24) is 14.8 Å². The van der Waals surface area contributed by atoms with E-state index in [1.54, 1.807) is 17.0 Å². The summed E-state index contributed by atoms with van der Waals surface area (Å²) >= 11 is 0. The van der Waals surface area contributed by atoms with Gasteiger partial charge in [0.05, 0.1) is 12.8 Å². The minimum Gasteiger partial charge on any atom is -0.459 e. The lowest BCUT2D eigenvalue weighted by Crippen LogP contribution is -2.49. The SMILES string of the molecule is CN(Cc1ccccc1)C(=O)CN1CCN(c2oc(-c3ccco3)nc2C#N)CC1. The molecular weight excluding hydrogens is 382 g/mol. The molecule has 30 heavy (non-hydrogen) atoms. The molecule has 0 spiro atoms. The van der Waals surface area contributed by atoms with Gasteiger partial charge in [0.25, 0.3) is 5.89 Å². The van der Waals surface area contributed by atoms with E-state index in [-0.39, 0.29) is 11.6 Å². The first-order valence-corrected chi connectivity index (χ1v) is 9.84. The Hall–Kier alpha value is -3.57. The van der Waals surface area contributed by atoms with Crippen molar-refractivity contribution in [3.8, 4) is 17.7 Å². The number of carbonyl (C=O) groups excluding carboxylic acids is 1. The topological polar surface area (TPSA) is 89.8 Å². The summed E-state index contributed by atoms with van der Waals surface area (Å²) in [6.45, 7) is 3.67. The Labute approximate surface area is 174 Å². The maximum Gasteiger partial charge on any atom is 0.266 e. The third kappa shape index (κ3) is 4.36. The van der Waals surface area contributed by atoms with Gasteiger partial charge in [-0.3, -0.25) is 9.69 Å². The molecule has 0 saturated carbocycles. The Morgan fingerprint density at radius 3 is 2.60 bits per heavy atom. The summed E-state index contributed by atoms with van der Waals surface area (Å²) in [5, 5.41) is 9.42. The quantitative estimate of drug-likeness (QED) is 0.623. The predicted octanol–water partition coefficient (Wildman–Crippen LogP) is 2.59. The van der Waals surface area contributed by atoms with Gasteiger partial charge < -0.3 is 18.6 Å². The monoisotopic (exact) mass is 405 g/mol. The standard InChI is InChI=1S/C22H23N5O3/c1-25(15-17-6-3-2-4-7-17)20(28)16-26-9-11-27(12-10-26)22-18(14-23)24-21(30-22)19-8-5-13-29-19/h2-8,13H,9-12,15-16H2,1H3. The maximum absolute atomic E-state index is 12.6. The molecule has 1 saturated heterocycles. The third-order valence-corrected chi connectivity index (χ3v) is 5.15. The number of benzene rings is 1. The lowest BCUT2D eigenvalue weighted by atomic mass is 10.2. The zero-order chi connectivity index (χ0) is 20.9. The second-order valence-corrected chi connectivity index (χ2v) is 7.26. The predicted molar refractivity (Wildman–Crippen MR) is 110 cm³/mol. The molecule has 1 amide bonds. The number of oxazole rings is 1. The first kappa shape index (κ1) is 19.7. The molecule has 1 aromatic carbocycles. The van der Waals surface area contributed by atoms with Crippen molar-refractivity contribution in [2.45, 2.75) is 6.54 Å². The molecule has 0 atom stereocenters. The van der Waals surface area contributed by atoms with Gasteiger partial charge in [0.15, 0.2) is 5.76 Å². The van der Waals surface area contributed by atoms with Crippen LogP contribution in [-0.4, -0.2) is 60.5 Å². The van der Waals surface area contributed by atoms with E-state index in [2.05, 4.69) is 16.0 Å². The Balaban J connectivity index is 1.33. The average molecular weight is 405 g/mol. The van der Waals surface area contributed by atoms with E-state index in [1.165, 1.54) is 6.26 Å². The first-order chi connectivity index (χ1) is 14.6. The van der Waals surface area contributed by atoms with Crippen molar-refractivity contribution in [2.75, 3.05) is 44.7 Å². The molecule has 0 radical (unpaired) electrons. The van der Waals surface area contributed by atoms with Crippen LogP contribution in [0.1, 0.15) is 11.3 Å². The van der Waals surface area contributed by atoms with Gasteiger partial charge in [-0.2, -0.15) is 10.2 Å². The lowest BCUT2D eigenvalue weighted by molar-refractivity contribution is -0.131. The van der Waals surface area contributed by atoms with Gasteiger partial charge in [-0.15, -0.1) is 0 Å². The second-order valence-electron chi connectivity index (χ2n) is 7.26. The number of amides is 1. The zero-order valence-corrected chi connectivity index (χ0v) is 16.8. The first-order valence-electron chi connectivity index (χ1n) is 9.84. The van der Waals surface area contributed by atoms with E-state index in [4.69, 9.17) is 8.83 Å². The smallest absolute Gasteiger partial charge is 0.266 e. The number of aromatic nitrogens is 1. The number of furan rings is 1. The number of carbonyl (C=O) groups is 1. The van der Waals surface area contributed by atoms with Gasteiger partial charge in [0.2, 0.25) is 17.5 Å². The Morgan fingerprint density at radius 1 is 1.17 bits per heavy atom. The van der Waals surface area contributed by atoms with Crippen molar-refractivity contribution >= 4 is 11.8 Å². The van der Waals surface area contributed by atoms with Crippen molar-refractivity contribution < 1.29 is 13.6 Å². The van der Waals surface area contributed by atoms with Crippen LogP contribution >= 0.6 is 0 Å². The van der Waals surface area contributed by atoms with Crippen LogP contribution in [0.25, 0.3) is 11.7 Å². The molecule has 154 valence electrons. The van der Waals surface area contributed by atoms with E-state index in [0.29, 0.717) is 56.8 Å². The normalized spacial score (nSPS) is 14.5. The summed E-state index contributed by atoms with van der Waals surface area (Å²) in [5.41, 5.74) is 1.36. The van der Waals surface area contributed by atoms with Crippen molar-refractivity contribution in [2.24, 2.45) is 0 Å². The molecule has 8 nitrogen and oxygen atoms in total. The van der Waals surface area contributed by atoms with E-state index in [0.717, 1.165) is 5.56 Å². The number of hydrogen-bond donors (Lipinski definition) is 0. The van der Waals surface area contributed by atoms with Gasteiger partial charge in [0, 0.05) is 39.8 Å². The highest BCUT2D eigenvalue weighted by atomic mass is 16.4. The number of anilines is 1. The molecule has 0 bridgehead atoms. The van der Waals surface area contributed by atoms with Crippen LogP contribution in [0.5, 0.6) is 0 Å². The fourth-order valence-corrected chi connectivity index (χ4v) is 3.47. The zero-order valence-electron chi connectivity index (χ0n) is 16.8. The molecule has 1 aliphatic heterocycles. The van der Waals surface area contributed by atoms with E-state index in [1.807, 2.05) is 42.3 Å². The van der Waals surface area contributed by atoms with Crippen LogP contribution in [0.3, 0.4) is 0 Å². The molecule has 0 aliphatic carbocycles. The summed E-state index contributed by atoms with van der Waals surface area (Å²) in [4.78, 5) is 22.7. The Bertz CT molecular complexity index is 1010. The molecule has 3 heterocycles. The number of likely N-dealkylation sites (N-methyl/N-ethyl adjacent to an activating group) is 1. The molecule has 0 unspecified atom stereocenters. The minimum absolute atomic E-state index is 0.0878. The summed E-state index contributed by atoms with van der Waals surface area (Å²) in [7, 11) is 1.83. The van der Waals surface area contributed by atoms with E-state index >= 15 is 0 Å². The molecule has 1 fully saturated rings. The highest BCUT2D eigenvalue weighted by molar-refractivity contribution is 5.78. The number of piperazine rings is 1.